The molecule has 0 aromatic heterocycles. The average Bonchev–Trinajstić information content (AvgIpc) is 2.89. The highest BCUT2D eigenvalue weighted by molar-refractivity contribution is 6.62. The number of aliphatic carboxylic acids is 1. The van der Waals surface area contributed by atoms with Gasteiger partial charge in [-0.25, -0.2) is 13.6 Å². The normalized spacial score (nSPS) is 17.9. The molecule has 0 spiro atoms. The molecule has 1 atom stereocenters. The summed E-state index contributed by atoms with van der Waals surface area (Å²) in [5.41, 5.74) is -0.410. The SMILES string of the molecule is CC1(C)OB(c2ccc(C[C@H](NC(=O)c3c(F)cccc3F)C(=O)O)cc2)OC1(C)C. The monoisotopic (exact) mass is 431 g/mol. The lowest BCUT2D eigenvalue weighted by atomic mass is 9.78. The molecule has 0 saturated carbocycles. The zero-order valence-corrected chi connectivity index (χ0v) is 17.7. The molecule has 0 bridgehead atoms. The van der Waals surface area contributed by atoms with Gasteiger partial charge in [0.1, 0.15) is 23.2 Å². The van der Waals surface area contributed by atoms with Gasteiger partial charge in [0.15, 0.2) is 0 Å². The average molecular weight is 431 g/mol. The fourth-order valence-corrected chi connectivity index (χ4v) is 3.17. The first-order chi connectivity index (χ1) is 14.4. The molecular weight excluding hydrogens is 407 g/mol. The number of carboxylic acid groups (broad SMARTS) is 1. The van der Waals surface area contributed by atoms with E-state index in [9.17, 15) is 23.5 Å². The zero-order chi connectivity index (χ0) is 23.0. The summed E-state index contributed by atoms with van der Waals surface area (Å²) in [6.07, 6.45) is -0.0687. The minimum atomic E-state index is -1.37. The van der Waals surface area contributed by atoms with Crippen LogP contribution in [0.25, 0.3) is 0 Å². The molecule has 1 aliphatic heterocycles. The molecule has 2 aromatic rings. The van der Waals surface area contributed by atoms with Crippen LogP contribution in [0.4, 0.5) is 8.78 Å². The highest BCUT2D eigenvalue weighted by Gasteiger charge is 2.51. The van der Waals surface area contributed by atoms with Crippen molar-refractivity contribution < 1.29 is 32.8 Å². The Bertz CT molecular complexity index is 958. The second-order valence-corrected chi connectivity index (χ2v) is 8.49. The molecule has 164 valence electrons. The van der Waals surface area contributed by atoms with E-state index in [0.717, 1.165) is 23.7 Å². The molecule has 1 fully saturated rings. The van der Waals surface area contributed by atoms with Crippen molar-refractivity contribution in [1.29, 1.82) is 0 Å². The summed E-state index contributed by atoms with van der Waals surface area (Å²) in [7, 11) is -0.557. The summed E-state index contributed by atoms with van der Waals surface area (Å²) in [5.74, 6) is -4.57. The molecule has 0 aliphatic carbocycles. The van der Waals surface area contributed by atoms with E-state index in [0.29, 0.717) is 5.56 Å². The van der Waals surface area contributed by atoms with Gasteiger partial charge in [-0.05, 0) is 50.9 Å². The van der Waals surface area contributed by atoms with Gasteiger partial charge in [0, 0.05) is 6.42 Å². The third-order valence-electron chi connectivity index (χ3n) is 5.74. The van der Waals surface area contributed by atoms with Crippen LogP contribution in [0.1, 0.15) is 43.6 Å². The molecule has 9 heteroatoms. The van der Waals surface area contributed by atoms with Gasteiger partial charge in [0.25, 0.3) is 5.91 Å². The summed E-state index contributed by atoms with van der Waals surface area (Å²) in [6, 6.07) is 8.54. The van der Waals surface area contributed by atoms with Gasteiger partial charge in [0.05, 0.1) is 11.2 Å². The molecule has 0 radical (unpaired) electrons. The van der Waals surface area contributed by atoms with Gasteiger partial charge in [-0.3, -0.25) is 4.79 Å². The van der Waals surface area contributed by atoms with Gasteiger partial charge in [-0.1, -0.05) is 30.3 Å². The van der Waals surface area contributed by atoms with Crippen molar-refractivity contribution in [1.82, 2.24) is 5.32 Å². The van der Waals surface area contributed by atoms with Crippen LogP contribution in [-0.2, 0) is 20.5 Å². The number of hydrogen-bond acceptors (Lipinski definition) is 4. The van der Waals surface area contributed by atoms with Crippen LogP contribution >= 0.6 is 0 Å². The Morgan fingerprint density at radius 2 is 1.52 bits per heavy atom. The Labute approximate surface area is 179 Å². The van der Waals surface area contributed by atoms with E-state index in [1.54, 1.807) is 24.3 Å². The van der Waals surface area contributed by atoms with E-state index in [2.05, 4.69) is 5.32 Å². The number of amides is 1. The van der Waals surface area contributed by atoms with E-state index < -0.39 is 53.4 Å². The maximum absolute atomic E-state index is 13.8. The minimum absolute atomic E-state index is 0.0687. The number of hydrogen-bond donors (Lipinski definition) is 2. The van der Waals surface area contributed by atoms with Crippen LogP contribution in [0.15, 0.2) is 42.5 Å². The van der Waals surface area contributed by atoms with Gasteiger partial charge < -0.3 is 19.7 Å². The Balaban J connectivity index is 1.71. The van der Waals surface area contributed by atoms with Crippen LogP contribution in [0.3, 0.4) is 0 Å². The largest absolute Gasteiger partial charge is 0.494 e. The molecule has 1 saturated heterocycles. The van der Waals surface area contributed by atoms with Crippen LogP contribution in [0.2, 0.25) is 0 Å². The van der Waals surface area contributed by atoms with Crippen LogP contribution < -0.4 is 10.8 Å². The van der Waals surface area contributed by atoms with Gasteiger partial charge in [-0.15, -0.1) is 0 Å². The highest BCUT2D eigenvalue weighted by atomic mass is 19.1. The second kappa shape index (κ2) is 8.40. The number of halogens is 2. The van der Waals surface area contributed by atoms with Crippen LogP contribution in [0, 0.1) is 11.6 Å². The second-order valence-electron chi connectivity index (χ2n) is 8.49. The zero-order valence-electron chi connectivity index (χ0n) is 17.7. The van der Waals surface area contributed by atoms with Crippen LogP contribution in [-0.4, -0.2) is 41.3 Å². The number of carbonyl (C=O) groups excluding carboxylic acids is 1. The standard InChI is InChI=1S/C22H24BF2NO5/c1-21(2)22(3,4)31-23(30-21)14-10-8-13(9-11-14)12-17(20(28)29)26-19(27)18-15(24)6-5-7-16(18)25/h5-11,17H,12H2,1-4H3,(H,26,27)(H,28,29)/t17-/m0/s1. The molecule has 3 rings (SSSR count). The van der Waals surface area contributed by atoms with Crippen molar-refractivity contribution in [3.63, 3.8) is 0 Å². The van der Waals surface area contributed by atoms with E-state index in [1.165, 1.54) is 0 Å². The lowest BCUT2D eigenvalue weighted by molar-refractivity contribution is -0.139. The van der Waals surface area contributed by atoms with E-state index >= 15 is 0 Å². The summed E-state index contributed by atoms with van der Waals surface area (Å²) in [6.45, 7) is 7.78. The van der Waals surface area contributed by atoms with Crippen LogP contribution in [0.5, 0.6) is 0 Å². The quantitative estimate of drug-likeness (QED) is 0.688. The topological polar surface area (TPSA) is 84.9 Å². The molecule has 1 aliphatic rings. The third kappa shape index (κ3) is 4.78. The first-order valence-electron chi connectivity index (χ1n) is 9.83. The van der Waals surface area contributed by atoms with Gasteiger partial charge >= 0.3 is 13.1 Å². The molecule has 2 aromatic carbocycles. The van der Waals surface area contributed by atoms with E-state index in [1.807, 2.05) is 27.7 Å². The first-order valence-corrected chi connectivity index (χ1v) is 9.83. The number of nitrogens with one attached hydrogen (secondary N) is 1. The van der Waals surface area contributed by atoms with Crippen molar-refractivity contribution in [2.45, 2.75) is 51.4 Å². The molecule has 6 nitrogen and oxygen atoms in total. The summed E-state index contributed by atoms with van der Waals surface area (Å²) in [4.78, 5) is 23.9. The predicted octanol–water partition coefficient (Wildman–Crippen LogP) is 2.69. The Morgan fingerprint density at radius 3 is 2.00 bits per heavy atom. The Hall–Kier alpha value is -2.78. The predicted molar refractivity (Wildman–Crippen MR) is 111 cm³/mol. The Kier molecular flexibility index (Phi) is 6.20. The summed E-state index contributed by atoms with van der Waals surface area (Å²) in [5, 5.41) is 11.7. The number of rotatable bonds is 6. The van der Waals surface area contributed by atoms with E-state index in [-0.39, 0.29) is 6.42 Å². The molecule has 1 amide bonds. The fraction of sp³-hybridized carbons (Fsp3) is 0.364. The fourth-order valence-electron chi connectivity index (χ4n) is 3.17. The smallest absolute Gasteiger partial charge is 0.480 e. The summed E-state index contributed by atoms with van der Waals surface area (Å²) < 4.78 is 39.6. The number of carboxylic acids is 1. The molecule has 31 heavy (non-hydrogen) atoms. The molecule has 0 unspecified atom stereocenters. The Morgan fingerprint density at radius 1 is 1.00 bits per heavy atom. The lowest BCUT2D eigenvalue weighted by Crippen LogP contribution is -2.43. The third-order valence-corrected chi connectivity index (χ3v) is 5.74. The molecular formula is C22H24BF2NO5. The van der Waals surface area contributed by atoms with Crippen molar-refractivity contribution in [2.75, 3.05) is 0 Å². The molecule has 2 N–H and O–H groups in total. The molecule has 1 heterocycles. The van der Waals surface area contributed by atoms with Crippen molar-refractivity contribution >= 4 is 24.5 Å². The van der Waals surface area contributed by atoms with Crippen molar-refractivity contribution in [2.24, 2.45) is 0 Å². The highest BCUT2D eigenvalue weighted by Crippen LogP contribution is 2.36. The maximum atomic E-state index is 13.8. The van der Waals surface area contributed by atoms with Gasteiger partial charge in [-0.2, -0.15) is 0 Å². The van der Waals surface area contributed by atoms with Gasteiger partial charge in [0.2, 0.25) is 0 Å². The first kappa shape index (κ1) is 22.9. The maximum Gasteiger partial charge on any atom is 0.494 e. The minimum Gasteiger partial charge on any atom is -0.480 e. The van der Waals surface area contributed by atoms with Crippen molar-refractivity contribution in [3.8, 4) is 0 Å². The number of benzene rings is 2. The lowest BCUT2D eigenvalue weighted by Gasteiger charge is -2.32. The van der Waals surface area contributed by atoms with E-state index in [4.69, 9.17) is 9.31 Å². The number of carbonyl (C=O) groups is 2. The van der Waals surface area contributed by atoms with Crippen molar-refractivity contribution in [3.05, 3.63) is 65.2 Å². The summed E-state index contributed by atoms with van der Waals surface area (Å²) >= 11 is 0.